The lowest BCUT2D eigenvalue weighted by Crippen LogP contribution is -2.27. The zero-order valence-electron chi connectivity index (χ0n) is 12.5. The molecule has 0 saturated heterocycles. The van der Waals surface area contributed by atoms with Crippen LogP contribution in [0.15, 0.2) is 18.2 Å². The number of halogens is 1. The molecule has 1 unspecified atom stereocenters. The molecule has 1 aromatic rings. The van der Waals surface area contributed by atoms with E-state index in [0.717, 1.165) is 36.6 Å². The molecule has 1 rings (SSSR count). The van der Waals surface area contributed by atoms with Crippen LogP contribution in [0, 0.1) is 0 Å². The molecule has 1 aromatic carbocycles. The SMILES string of the molecule is CCN(CCCN(C)C)c1ccc(C(C)N)c(Cl)c1. The van der Waals surface area contributed by atoms with Crippen LogP contribution < -0.4 is 10.6 Å². The molecule has 0 saturated carbocycles. The average molecular weight is 284 g/mol. The quantitative estimate of drug-likeness (QED) is 0.834. The molecule has 0 fully saturated rings. The lowest BCUT2D eigenvalue weighted by Gasteiger charge is -2.25. The van der Waals surface area contributed by atoms with Gasteiger partial charge in [-0.05, 0) is 58.6 Å². The summed E-state index contributed by atoms with van der Waals surface area (Å²) in [5, 5.41) is 0.763. The number of benzene rings is 1. The van der Waals surface area contributed by atoms with Gasteiger partial charge in [-0.1, -0.05) is 17.7 Å². The molecule has 0 aliphatic rings. The minimum absolute atomic E-state index is 0.0228. The summed E-state index contributed by atoms with van der Waals surface area (Å²) in [6.45, 7) is 7.25. The Bertz CT molecular complexity index is 391. The van der Waals surface area contributed by atoms with Crippen LogP contribution >= 0.6 is 11.6 Å². The number of hydrogen-bond acceptors (Lipinski definition) is 3. The van der Waals surface area contributed by atoms with E-state index >= 15 is 0 Å². The number of nitrogens with two attached hydrogens (primary N) is 1. The molecule has 0 bridgehead atoms. The summed E-state index contributed by atoms with van der Waals surface area (Å²) in [6, 6.07) is 6.16. The van der Waals surface area contributed by atoms with Crippen molar-refractivity contribution < 1.29 is 0 Å². The molecule has 108 valence electrons. The van der Waals surface area contributed by atoms with E-state index in [1.165, 1.54) is 5.69 Å². The predicted molar refractivity (Wildman–Crippen MR) is 85.1 cm³/mol. The lowest BCUT2D eigenvalue weighted by molar-refractivity contribution is 0.400. The average Bonchev–Trinajstić information content (AvgIpc) is 2.33. The molecule has 4 heteroatoms. The van der Waals surface area contributed by atoms with Crippen molar-refractivity contribution in [3.63, 3.8) is 0 Å². The van der Waals surface area contributed by atoms with Crippen LogP contribution in [-0.2, 0) is 0 Å². The van der Waals surface area contributed by atoms with Gasteiger partial charge in [0.25, 0.3) is 0 Å². The van der Waals surface area contributed by atoms with Gasteiger partial charge in [0.2, 0.25) is 0 Å². The van der Waals surface area contributed by atoms with Crippen LogP contribution in [0.5, 0.6) is 0 Å². The molecule has 0 heterocycles. The van der Waals surface area contributed by atoms with Crippen LogP contribution in [0.2, 0.25) is 5.02 Å². The molecular weight excluding hydrogens is 258 g/mol. The molecule has 1 atom stereocenters. The normalized spacial score (nSPS) is 12.8. The van der Waals surface area contributed by atoms with Crippen LogP contribution in [-0.4, -0.2) is 38.6 Å². The second-order valence-electron chi connectivity index (χ2n) is 5.23. The van der Waals surface area contributed by atoms with Gasteiger partial charge < -0.3 is 15.5 Å². The number of anilines is 1. The van der Waals surface area contributed by atoms with Gasteiger partial charge in [-0.15, -0.1) is 0 Å². The Labute approximate surface area is 122 Å². The third-order valence-electron chi connectivity index (χ3n) is 3.25. The largest absolute Gasteiger partial charge is 0.372 e. The number of nitrogens with zero attached hydrogens (tertiary/aromatic N) is 2. The predicted octanol–water partition coefficient (Wildman–Crippen LogP) is 3.14. The van der Waals surface area contributed by atoms with E-state index in [-0.39, 0.29) is 6.04 Å². The summed E-state index contributed by atoms with van der Waals surface area (Å²) in [5.74, 6) is 0. The summed E-state index contributed by atoms with van der Waals surface area (Å²) in [5.41, 5.74) is 8.07. The highest BCUT2D eigenvalue weighted by Crippen LogP contribution is 2.27. The minimum Gasteiger partial charge on any atom is -0.372 e. The van der Waals surface area contributed by atoms with Crippen molar-refractivity contribution in [2.24, 2.45) is 5.73 Å². The monoisotopic (exact) mass is 283 g/mol. The zero-order valence-corrected chi connectivity index (χ0v) is 13.2. The molecule has 0 aliphatic heterocycles. The molecule has 19 heavy (non-hydrogen) atoms. The second-order valence-corrected chi connectivity index (χ2v) is 5.64. The van der Waals surface area contributed by atoms with Gasteiger partial charge in [-0.3, -0.25) is 0 Å². The fraction of sp³-hybridized carbons (Fsp3) is 0.600. The molecule has 2 N–H and O–H groups in total. The minimum atomic E-state index is -0.0228. The lowest BCUT2D eigenvalue weighted by atomic mass is 10.1. The Hall–Kier alpha value is -0.770. The first-order valence-electron chi connectivity index (χ1n) is 6.90. The first kappa shape index (κ1) is 16.3. The van der Waals surface area contributed by atoms with E-state index in [4.69, 9.17) is 17.3 Å². The van der Waals surface area contributed by atoms with Crippen molar-refractivity contribution in [3.05, 3.63) is 28.8 Å². The Morgan fingerprint density at radius 3 is 2.42 bits per heavy atom. The first-order chi connectivity index (χ1) is 8.95. The van der Waals surface area contributed by atoms with Crippen LogP contribution in [0.25, 0.3) is 0 Å². The van der Waals surface area contributed by atoms with E-state index in [1.807, 2.05) is 19.1 Å². The van der Waals surface area contributed by atoms with E-state index in [0.29, 0.717) is 0 Å². The van der Waals surface area contributed by atoms with E-state index in [9.17, 15) is 0 Å². The van der Waals surface area contributed by atoms with E-state index < -0.39 is 0 Å². The maximum atomic E-state index is 6.30. The summed E-state index contributed by atoms with van der Waals surface area (Å²) in [4.78, 5) is 4.56. The van der Waals surface area contributed by atoms with Crippen molar-refractivity contribution in [3.8, 4) is 0 Å². The van der Waals surface area contributed by atoms with Crippen LogP contribution in [0.3, 0.4) is 0 Å². The summed E-state index contributed by atoms with van der Waals surface area (Å²) >= 11 is 6.30. The van der Waals surface area contributed by atoms with Crippen molar-refractivity contribution in [2.75, 3.05) is 38.6 Å². The van der Waals surface area contributed by atoms with Gasteiger partial charge >= 0.3 is 0 Å². The van der Waals surface area contributed by atoms with Crippen molar-refractivity contribution in [1.29, 1.82) is 0 Å². The highest BCUT2D eigenvalue weighted by molar-refractivity contribution is 6.31. The molecular formula is C15H26ClN3. The van der Waals surface area contributed by atoms with Crippen LogP contribution in [0.1, 0.15) is 31.9 Å². The molecule has 0 aromatic heterocycles. The van der Waals surface area contributed by atoms with Crippen LogP contribution in [0.4, 0.5) is 5.69 Å². The Morgan fingerprint density at radius 2 is 1.95 bits per heavy atom. The third kappa shape index (κ3) is 5.01. The maximum absolute atomic E-state index is 6.30. The summed E-state index contributed by atoms with van der Waals surface area (Å²) in [7, 11) is 4.20. The molecule has 3 nitrogen and oxygen atoms in total. The molecule has 0 aliphatic carbocycles. The molecule has 0 spiro atoms. The highest BCUT2D eigenvalue weighted by atomic mass is 35.5. The molecule has 0 amide bonds. The standard InChI is InChI=1S/C15H26ClN3/c1-5-19(10-6-9-18(3)4)13-7-8-14(12(2)17)15(16)11-13/h7-8,11-12H,5-6,9-10,17H2,1-4H3. The maximum Gasteiger partial charge on any atom is 0.0474 e. The van der Waals surface area contributed by atoms with Gasteiger partial charge in [0, 0.05) is 29.8 Å². The summed E-state index contributed by atoms with van der Waals surface area (Å²) in [6.07, 6.45) is 1.15. The smallest absolute Gasteiger partial charge is 0.0474 e. The van der Waals surface area contributed by atoms with Gasteiger partial charge in [0.05, 0.1) is 0 Å². The Balaban J connectivity index is 2.73. The van der Waals surface area contributed by atoms with Gasteiger partial charge in [-0.25, -0.2) is 0 Å². The van der Waals surface area contributed by atoms with E-state index in [1.54, 1.807) is 0 Å². The Kier molecular flexibility index (Phi) is 6.63. The highest BCUT2D eigenvalue weighted by Gasteiger charge is 2.09. The summed E-state index contributed by atoms with van der Waals surface area (Å²) < 4.78 is 0. The third-order valence-corrected chi connectivity index (χ3v) is 3.58. The van der Waals surface area contributed by atoms with Gasteiger partial charge in [0.1, 0.15) is 0 Å². The Morgan fingerprint density at radius 1 is 1.26 bits per heavy atom. The van der Waals surface area contributed by atoms with Gasteiger partial charge in [-0.2, -0.15) is 0 Å². The van der Waals surface area contributed by atoms with Crippen molar-refractivity contribution in [2.45, 2.75) is 26.3 Å². The fourth-order valence-electron chi connectivity index (χ4n) is 2.13. The first-order valence-corrected chi connectivity index (χ1v) is 7.28. The van der Waals surface area contributed by atoms with Gasteiger partial charge in [0.15, 0.2) is 0 Å². The number of rotatable bonds is 7. The zero-order chi connectivity index (χ0) is 14.4. The second kappa shape index (κ2) is 7.73. The van der Waals surface area contributed by atoms with Crippen molar-refractivity contribution in [1.82, 2.24) is 4.90 Å². The topological polar surface area (TPSA) is 32.5 Å². The number of hydrogen-bond donors (Lipinski definition) is 1. The van der Waals surface area contributed by atoms with E-state index in [2.05, 4.69) is 36.9 Å². The van der Waals surface area contributed by atoms with Crippen molar-refractivity contribution >= 4 is 17.3 Å². The fourth-order valence-corrected chi connectivity index (χ4v) is 2.48. The molecule has 0 radical (unpaired) electrons.